The zero-order valence-corrected chi connectivity index (χ0v) is 14.4. The summed E-state index contributed by atoms with van der Waals surface area (Å²) in [5.41, 5.74) is 1.20. The molecule has 1 aromatic carbocycles. The Hall–Kier alpha value is -0.870. The lowest BCUT2D eigenvalue weighted by Gasteiger charge is -2.34. The fraction of sp³-hybridized carbons (Fsp3) is 0.647. The lowest BCUT2D eigenvalue weighted by atomic mass is 9.87. The van der Waals surface area contributed by atoms with Gasteiger partial charge in [-0.25, -0.2) is 8.42 Å². The molecule has 0 saturated carbocycles. The van der Waals surface area contributed by atoms with E-state index in [2.05, 4.69) is 27.7 Å². The average molecular weight is 309 g/mol. The maximum Gasteiger partial charge on any atom is 0.243 e. The smallest absolute Gasteiger partial charge is 0.207 e. The molecule has 118 valence electrons. The largest absolute Gasteiger partial charge is 0.243 e. The Morgan fingerprint density at radius 1 is 1.14 bits per heavy atom. The summed E-state index contributed by atoms with van der Waals surface area (Å²) in [6.07, 6.45) is 3.97. The van der Waals surface area contributed by atoms with E-state index >= 15 is 0 Å². The minimum absolute atomic E-state index is 0.0410. The van der Waals surface area contributed by atoms with Crippen molar-refractivity contribution in [2.24, 2.45) is 0 Å². The summed E-state index contributed by atoms with van der Waals surface area (Å²) in [5, 5.41) is 0. The first-order valence-corrected chi connectivity index (χ1v) is 9.33. The molecule has 1 saturated heterocycles. The van der Waals surface area contributed by atoms with Crippen LogP contribution in [-0.2, 0) is 15.4 Å². The Morgan fingerprint density at radius 3 is 2.29 bits per heavy atom. The first-order valence-electron chi connectivity index (χ1n) is 7.89. The molecule has 0 aromatic heterocycles. The van der Waals surface area contributed by atoms with Crippen LogP contribution in [0.5, 0.6) is 0 Å². The summed E-state index contributed by atoms with van der Waals surface area (Å²) in [6, 6.07) is 7.57. The van der Waals surface area contributed by atoms with Crippen LogP contribution in [0.1, 0.15) is 58.9 Å². The van der Waals surface area contributed by atoms with Gasteiger partial charge in [0, 0.05) is 12.6 Å². The van der Waals surface area contributed by atoms with Crippen LogP contribution in [-0.4, -0.2) is 25.3 Å². The zero-order valence-electron chi connectivity index (χ0n) is 13.6. The molecular formula is C17H27NO2S. The van der Waals surface area contributed by atoms with Gasteiger partial charge in [0.2, 0.25) is 10.0 Å². The SMILES string of the molecule is CCC1CCCCN1S(=O)(=O)c1ccc(C(C)(C)C)cc1. The van der Waals surface area contributed by atoms with Gasteiger partial charge in [-0.1, -0.05) is 46.2 Å². The lowest BCUT2D eigenvalue weighted by molar-refractivity contribution is 0.246. The second kappa shape index (κ2) is 6.09. The molecule has 0 radical (unpaired) electrons. The molecule has 4 heteroatoms. The van der Waals surface area contributed by atoms with E-state index in [1.807, 2.05) is 12.1 Å². The van der Waals surface area contributed by atoms with Crippen LogP contribution in [0.4, 0.5) is 0 Å². The minimum atomic E-state index is -3.35. The first-order chi connectivity index (χ1) is 9.76. The predicted octanol–water partition coefficient (Wildman–Crippen LogP) is 3.94. The number of hydrogen-bond donors (Lipinski definition) is 0. The molecule has 0 amide bonds. The third-order valence-electron chi connectivity index (χ3n) is 4.37. The predicted molar refractivity (Wildman–Crippen MR) is 87.0 cm³/mol. The van der Waals surface area contributed by atoms with Crippen LogP contribution in [0.25, 0.3) is 0 Å². The van der Waals surface area contributed by atoms with Gasteiger partial charge < -0.3 is 0 Å². The second-order valence-electron chi connectivity index (χ2n) is 6.95. The zero-order chi connectivity index (χ0) is 15.7. The summed E-state index contributed by atoms with van der Waals surface area (Å²) < 4.78 is 27.4. The molecule has 0 bridgehead atoms. The van der Waals surface area contributed by atoms with E-state index in [1.54, 1.807) is 16.4 Å². The van der Waals surface area contributed by atoms with Crippen LogP contribution in [0.2, 0.25) is 0 Å². The summed E-state index contributed by atoms with van der Waals surface area (Å²) in [6.45, 7) is 9.12. The Labute approximate surface area is 129 Å². The molecule has 1 aromatic rings. The second-order valence-corrected chi connectivity index (χ2v) is 8.84. The molecule has 3 nitrogen and oxygen atoms in total. The number of piperidine rings is 1. The number of nitrogens with zero attached hydrogens (tertiary/aromatic N) is 1. The fourth-order valence-corrected chi connectivity index (χ4v) is 4.73. The van der Waals surface area contributed by atoms with Crippen molar-refractivity contribution in [3.8, 4) is 0 Å². The Kier molecular flexibility index (Phi) is 4.79. The molecule has 1 heterocycles. The van der Waals surface area contributed by atoms with Crippen LogP contribution >= 0.6 is 0 Å². The topological polar surface area (TPSA) is 37.4 Å². The maximum absolute atomic E-state index is 12.8. The standard InChI is InChI=1S/C17H27NO2S/c1-5-15-8-6-7-13-18(15)21(19,20)16-11-9-14(10-12-16)17(2,3)4/h9-12,15H,5-8,13H2,1-4H3. The lowest BCUT2D eigenvalue weighted by Crippen LogP contribution is -2.43. The minimum Gasteiger partial charge on any atom is -0.207 e. The van der Waals surface area contributed by atoms with E-state index in [0.717, 1.165) is 31.2 Å². The molecule has 1 aliphatic rings. The van der Waals surface area contributed by atoms with Crippen LogP contribution in [0, 0.1) is 0 Å². The Morgan fingerprint density at radius 2 is 1.76 bits per heavy atom. The average Bonchev–Trinajstić information content (AvgIpc) is 2.46. The Balaban J connectivity index is 2.31. The number of benzene rings is 1. The van der Waals surface area contributed by atoms with Gasteiger partial charge in [-0.2, -0.15) is 4.31 Å². The van der Waals surface area contributed by atoms with Gasteiger partial charge in [-0.15, -0.1) is 0 Å². The van der Waals surface area contributed by atoms with E-state index in [9.17, 15) is 8.42 Å². The molecule has 2 rings (SSSR count). The van der Waals surface area contributed by atoms with Crippen molar-refractivity contribution < 1.29 is 8.42 Å². The molecule has 1 fully saturated rings. The van der Waals surface area contributed by atoms with Crippen molar-refractivity contribution in [1.82, 2.24) is 4.31 Å². The van der Waals surface area contributed by atoms with Crippen LogP contribution in [0.15, 0.2) is 29.2 Å². The molecular weight excluding hydrogens is 282 g/mol. The first kappa shape index (κ1) is 16.5. The van der Waals surface area contributed by atoms with Crippen molar-refractivity contribution in [3.63, 3.8) is 0 Å². The Bertz CT molecular complexity index is 570. The van der Waals surface area contributed by atoms with Gasteiger partial charge >= 0.3 is 0 Å². The maximum atomic E-state index is 12.8. The van der Waals surface area contributed by atoms with Gasteiger partial charge in [-0.3, -0.25) is 0 Å². The van der Waals surface area contributed by atoms with Gasteiger partial charge in [-0.05, 0) is 42.4 Å². The number of hydrogen-bond acceptors (Lipinski definition) is 2. The van der Waals surface area contributed by atoms with Crippen molar-refractivity contribution in [1.29, 1.82) is 0 Å². The van der Waals surface area contributed by atoms with Gasteiger partial charge in [0.15, 0.2) is 0 Å². The molecule has 1 atom stereocenters. The van der Waals surface area contributed by atoms with Crippen molar-refractivity contribution in [3.05, 3.63) is 29.8 Å². The van der Waals surface area contributed by atoms with Crippen LogP contribution < -0.4 is 0 Å². The van der Waals surface area contributed by atoms with E-state index in [4.69, 9.17) is 0 Å². The highest BCUT2D eigenvalue weighted by Gasteiger charge is 2.32. The fourth-order valence-electron chi connectivity index (χ4n) is 2.96. The third kappa shape index (κ3) is 3.49. The highest BCUT2D eigenvalue weighted by Crippen LogP contribution is 2.29. The van der Waals surface area contributed by atoms with Gasteiger partial charge in [0.1, 0.15) is 0 Å². The molecule has 1 unspecified atom stereocenters. The van der Waals surface area contributed by atoms with Crippen molar-refractivity contribution in [2.45, 2.75) is 69.7 Å². The normalized spacial score (nSPS) is 21.4. The molecule has 0 spiro atoms. The monoisotopic (exact) mass is 309 g/mol. The molecule has 0 N–H and O–H groups in total. The van der Waals surface area contributed by atoms with Crippen molar-refractivity contribution in [2.75, 3.05) is 6.54 Å². The molecule has 1 aliphatic heterocycles. The van der Waals surface area contributed by atoms with Gasteiger partial charge in [0.05, 0.1) is 4.90 Å². The third-order valence-corrected chi connectivity index (χ3v) is 6.34. The molecule has 0 aliphatic carbocycles. The van der Waals surface area contributed by atoms with E-state index in [0.29, 0.717) is 11.4 Å². The van der Waals surface area contributed by atoms with E-state index in [1.165, 1.54) is 0 Å². The number of rotatable bonds is 3. The highest BCUT2D eigenvalue weighted by atomic mass is 32.2. The summed E-state index contributed by atoms with van der Waals surface area (Å²) in [4.78, 5) is 0.427. The van der Waals surface area contributed by atoms with Crippen molar-refractivity contribution >= 4 is 10.0 Å². The summed E-state index contributed by atoms with van der Waals surface area (Å²) in [7, 11) is -3.35. The number of sulfonamides is 1. The van der Waals surface area contributed by atoms with Gasteiger partial charge in [0.25, 0.3) is 0 Å². The van der Waals surface area contributed by atoms with E-state index in [-0.39, 0.29) is 11.5 Å². The molecule has 21 heavy (non-hydrogen) atoms. The van der Waals surface area contributed by atoms with E-state index < -0.39 is 10.0 Å². The quantitative estimate of drug-likeness (QED) is 0.848. The highest BCUT2D eigenvalue weighted by molar-refractivity contribution is 7.89. The summed E-state index contributed by atoms with van der Waals surface area (Å²) >= 11 is 0. The summed E-state index contributed by atoms with van der Waals surface area (Å²) in [5.74, 6) is 0. The van der Waals surface area contributed by atoms with Crippen LogP contribution in [0.3, 0.4) is 0 Å².